The van der Waals surface area contributed by atoms with Gasteiger partial charge in [-0.15, -0.1) is 0 Å². The Balaban J connectivity index is 2.43. The topological polar surface area (TPSA) is 38.8 Å². The van der Waals surface area contributed by atoms with E-state index in [2.05, 4.69) is 23.5 Å². The van der Waals surface area contributed by atoms with E-state index < -0.39 is 0 Å². The van der Waals surface area contributed by atoms with E-state index in [-0.39, 0.29) is 17.6 Å². The van der Waals surface area contributed by atoms with Gasteiger partial charge in [0, 0.05) is 12.1 Å². The van der Waals surface area contributed by atoms with Crippen molar-refractivity contribution < 1.29 is 14.3 Å². The number of nitrogens with zero attached hydrogens (tertiary/aromatic N) is 1. The third-order valence-corrected chi connectivity index (χ3v) is 2.81. The summed E-state index contributed by atoms with van der Waals surface area (Å²) < 4.78 is 10.2. The maximum Gasteiger partial charge on any atom is 0.308 e. The molecule has 1 atom stereocenters. The molecule has 1 rings (SSSR count). The van der Waals surface area contributed by atoms with Crippen molar-refractivity contribution in [1.82, 2.24) is 4.90 Å². The molecular formula is C10H19NO3. The largest absolute Gasteiger partial charge is 0.469 e. The van der Waals surface area contributed by atoms with Crippen LogP contribution in [0.4, 0.5) is 0 Å². The number of hydrogen-bond acceptors (Lipinski definition) is 4. The molecule has 0 spiro atoms. The van der Waals surface area contributed by atoms with Gasteiger partial charge >= 0.3 is 5.97 Å². The van der Waals surface area contributed by atoms with Crippen molar-refractivity contribution in [3.63, 3.8) is 0 Å². The number of carbonyl (C=O) groups excluding carboxylic acids is 1. The van der Waals surface area contributed by atoms with E-state index in [1.54, 1.807) is 0 Å². The van der Waals surface area contributed by atoms with Gasteiger partial charge in [0.05, 0.1) is 26.2 Å². The summed E-state index contributed by atoms with van der Waals surface area (Å²) in [7, 11) is 3.45. The Bertz CT molecular complexity index is 215. The first kappa shape index (κ1) is 11.5. The highest BCUT2D eigenvalue weighted by molar-refractivity contribution is 5.69. The predicted octanol–water partition coefficient (Wildman–Crippen LogP) is 0.659. The van der Waals surface area contributed by atoms with Crippen molar-refractivity contribution in [2.45, 2.75) is 31.9 Å². The van der Waals surface area contributed by atoms with Crippen molar-refractivity contribution in [2.24, 2.45) is 0 Å². The molecule has 1 saturated heterocycles. The van der Waals surface area contributed by atoms with Gasteiger partial charge in [-0.25, -0.2) is 0 Å². The molecule has 0 aromatic carbocycles. The van der Waals surface area contributed by atoms with E-state index in [0.717, 1.165) is 6.54 Å². The van der Waals surface area contributed by atoms with Gasteiger partial charge in [-0.1, -0.05) is 0 Å². The summed E-state index contributed by atoms with van der Waals surface area (Å²) >= 11 is 0. The average molecular weight is 201 g/mol. The van der Waals surface area contributed by atoms with Crippen LogP contribution >= 0.6 is 0 Å². The maximum absolute atomic E-state index is 11.0. The van der Waals surface area contributed by atoms with E-state index in [4.69, 9.17) is 4.74 Å². The first-order valence-electron chi connectivity index (χ1n) is 4.85. The summed E-state index contributed by atoms with van der Waals surface area (Å²) in [5.41, 5.74) is 0.0621. The highest BCUT2D eigenvalue weighted by Gasteiger charge is 2.33. The lowest BCUT2D eigenvalue weighted by atomic mass is 10.0. The lowest BCUT2D eigenvalue weighted by Crippen LogP contribution is -2.54. The zero-order chi connectivity index (χ0) is 10.8. The van der Waals surface area contributed by atoms with Gasteiger partial charge in [0.15, 0.2) is 0 Å². The van der Waals surface area contributed by atoms with Gasteiger partial charge in [0.2, 0.25) is 0 Å². The van der Waals surface area contributed by atoms with Crippen molar-refractivity contribution in [2.75, 3.05) is 27.3 Å². The first-order valence-corrected chi connectivity index (χ1v) is 4.85. The van der Waals surface area contributed by atoms with Crippen LogP contribution in [-0.4, -0.2) is 49.8 Å². The molecule has 1 unspecified atom stereocenters. The summed E-state index contributed by atoms with van der Waals surface area (Å²) in [5, 5.41) is 0. The maximum atomic E-state index is 11.0. The Hall–Kier alpha value is -0.610. The highest BCUT2D eigenvalue weighted by Crippen LogP contribution is 2.21. The smallest absolute Gasteiger partial charge is 0.308 e. The van der Waals surface area contributed by atoms with E-state index >= 15 is 0 Å². The second-order valence-electron chi connectivity index (χ2n) is 4.41. The monoisotopic (exact) mass is 201 g/mol. The summed E-state index contributed by atoms with van der Waals surface area (Å²) in [4.78, 5) is 13.2. The third-order valence-electron chi connectivity index (χ3n) is 2.81. The predicted molar refractivity (Wildman–Crippen MR) is 53.1 cm³/mol. The zero-order valence-electron chi connectivity index (χ0n) is 9.37. The highest BCUT2D eigenvalue weighted by atomic mass is 16.5. The average Bonchev–Trinajstić information content (AvgIpc) is 2.12. The Morgan fingerprint density at radius 2 is 2.29 bits per heavy atom. The van der Waals surface area contributed by atoms with Crippen LogP contribution in [0.1, 0.15) is 20.3 Å². The van der Waals surface area contributed by atoms with Gasteiger partial charge in [-0.3, -0.25) is 9.69 Å². The number of ether oxygens (including phenoxy) is 2. The van der Waals surface area contributed by atoms with Crippen LogP contribution in [0.2, 0.25) is 0 Å². The molecule has 0 radical (unpaired) electrons. The molecule has 1 fully saturated rings. The van der Waals surface area contributed by atoms with Gasteiger partial charge in [-0.2, -0.15) is 0 Å². The molecule has 0 aliphatic carbocycles. The lowest BCUT2D eigenvalue weighted by Gasteiger charge is -2.42. The summed E-state index contributed by atoms with van der Waals surface area (Å²) in [5.74, 6) is -0.205. The van der Waals surface area contributed by atoms with Gasteiger partial charge in [0.25, 0.3) is 0 Å². The summed E-state index contributed by atoms with van der Waals surface area (Å²) in [6, 6.07) is 0. The molecular weight excluding hydrogens is 182 g/mol. The Kier molecular flexibility index (Phi) is 3.50. The molecule has 1 aliphatic heterocycles. The number of hydrogen-bond donors (Lipinski definition) is 0. The van der Waals surface area contributed by atoms with Crippen LogP contribution in [0.5, 0.6) is 0 Å². The van der Waals surface area contributed by atoms with Crippen LogP contribution in [0, 0.1) is 0 Å². The van der Waals surface area contributed by atoms with Crippen molar-refractivity contribution in [3.05, 3.63) is 0 Å². The Labute approximate surface area is 85.2 Å². The van der Waals surface area contributed by atoms with Crippen LogP contribution in [0.15, 0.2) is 0 Å². The normalized spacial score (nSPS) is 27.3. The van der Waals surface area contributed by atoms with Crippen molar-refractivity contribution in [3.8, 4) is 0 Å². The quantitative estimate of drug-likeness (QED) is 0.615. The minimum atomic E-state index is -0.205. The van der Waals surface area contributed by atoms with E-state index in [0.29, 0.717) is 13.0 Å². The fourth-order valence-corrected chi connectivity index (χ4v) is 1.43. The fourth-order valence-electron chi connectivity index (χ4n) is 1.43. The van der Waals surface area contributed by atoms with Gasteiger partial charge < -0.3 is 9.47 Å². The number of likely N-dealkylation sites (N-methyl/N-ethyl adjacent to an activating group) is 1. The number of rotatable bonds is 2. The standard InChI is InChI=1S/C10H19NO3/c1-10(2)7-14-8(6-11(10)3)5-9(12)13-4/h8H,5-7H2,1-4H3. The second kappa shape index (κ2) is 4.28. The van der Waals surface area contributed by atoms with Crippen molar-refractivity contribution >= 4 is 5.97 Å². The molecule has 1 aliphatic rings. The number of carbonyl (C=O) groups is 1. The molecule has 14 heavy (non-hydrogen) atoms. The number of morpholine rings is 1. The lowest BCUT2D eigenvalue weighted by molar-refractivity contribution is -0.149. The molecule has 4 heteroatoms. The molecule has 0 aromatic rings. The van der Waals surface area contributed by atoms with Gasteiger partial charge in [-0.05, 0) is 20.9 Å². The van der Waals surface area contributed by atoms with E-state index in [1.165, 1.54) is 7.11 Å². The minimum absolute atomic E-state index is 0.0273. The molecule has 0 bridgehead atoms. The van der Waals surface area contributed by atoms with Crippen molar-refractivity contribution in [1.29, 1.82) is 0 Å². The summed E-state index contributed by atoms with van der Waals surface area (Å²) in [6.07, 6.45) is 0.317. The number of methoxy groups -OCH3 is 1. The molecule has 0 aromatic heterocycles. The van der Waals surface area contributed by atoms with Crippen LogP contribution < -0.4 is 0 Å². The Morgan fingerprint density at radius 1 is 1.64 bits per heavy atom. The molecule has 4 nitrogen and oxygen atoms in total. The second-order valence-corrected chi connectivity index (χ2v) is 4.41. The van der Waals surface area contributed by atoms with Crippen LogP contribution in [0.3, 0.4) is 0 Å². The van der Waals surface area contributed by atoms with Crippen LogP contribution in [0.25, 0.3) is 0 Å². The number of esters is 1. The van der Waals surface area contributed by atoms with E-state index in [1.807, 2.05) is 7.05 Å². The SMILES string of the molecule is COC(=O)CC1CN(C)C(C)(C)CO1. The third kappa shape index (κ3) is 2.69. The minimum Gasteiger partial charge on any atom is -0.469 e. The van der Waals surface area contributed by atoms with E-state index in [9.17, 15) is 4.79 Å². The fraction of sp³-hybridized carbons (Fsp3) is 0.900. The Morgan fingerprint density at radius 3 is 2.79 bits per heavy atom. The molecule has 0 amide bonds. The molecule has 1 heterocycles. The first-order chi connectivity index (χ1) is 6.45. The van der Waals surface area contributed by atoms with Gasteiger partial charge in [0.1, 0.15) is 0 Å². The zero-order valence-corrected chi connectivity index (χ0v) is 9.37. The summed E-state index contributed by atoms with van der Waals surface area (Å²) in [6.45, 7) is 5.69. The molecule has 0 N–H and O–H groups in total. The molecule has 0 saturated carbocycles. The molecule has 82 valence electrons. The van der Waals surface area contributed by atoms with Crippen LogP contribution in [-0.2, 0) is 14.3 Å².